The highest BCUT2D eigenvalue weighted by atomic mass is 16.6. The first-order valence-electron chi connectivity index (χ1n) is 4.93. The Labute approximate surface area is 80.1 Å². The van der Waals surface area contributed by atoms with Gasteiger partial charge in [0, 0.05) is 12.1 Å². The van der Waals surface area contributed by atoms with Crippen LogP contribution in [0.4, 0.5) is 4.79 Å². The Morgan fingerprint density at radius 3 is 2.31 bits per heavy atom. The van der Waals surface area contributed by atoms with E-state index in [0.29, 0.717) is 6.54 Å². The monoisotopic (exact) mass is 185 g/mol. The lowest BCUT2D eigenvalue weighted by molar-refractivity contribution is 0.0655. The van der Waals surface area contributed by atoms with Gasteiger partial charge in [-0.25, -0.2) is 4.79 Å². The molecule has 13 heavy (non-hydrogen) atoms. The largest absolute Gasteiger partial charge is 0.446 e. The molecule has 76 valence electrons. The van der Waals surface area contributed by atoms with Crippen LogP contribution < -0.4 is 0 Å². The number of nitrogens with zero attached hydrogens (tertiary/aromatic N) is 1. The first-order chi connectivity index (χ1) is 5.95. The van der Waals surface area contributed by atoms with Gasteiger partial charge in [0.15, 0.2) is 0 Å². The van der Waals surface area contributed by atoms with E-state index in [-0.39, 0.29) is 17.7 Å². The Morgan fingerprint density at radius 2 is 2.00 bits per heavy atom. The quantitative estimate of drug-likeness (QED) is 0.661. The van der Waals surface area contributed by atoms with Crippen molar-refractivity contribution in [2.45, 2.75) is 52.2 Å². The molecule has 1 saturated carbocycles. The summed E-state index contributed by atoms with van der Waals surface area (Å²) in [7, 11) is 0. The van der Waals surface area contributed by atoms with Gasteiger partial charge >= 0.3 is 6.09 Å². The molecular formula is C10H19NO2. The van der Waals surface area contributed by atoms with Crippen LogP contribution in [0.25, 0.3) is 0 Å². The number of hydrogen-bond acceptors (Lipinski definition) is 2. The van der Waals surface area contributed by atoms with Crippen molar-refractivity contribution in [3.8, 4) is 0 Å². The molecule has 0 aromatic carbocycles. The predicted molar refractivity (Wildman–Crippen MR) is 51.6 cm³/mol. The fourth-order valence-electron chi connectivity index (χ4n) is 1.27. The molecule has 0 unspecified atom stereocenters. The molecule has 0 atom stereocenters. The van der Waals surface area contributed by atoms with Crippen molar-refractivity contribution in [3.63, 3.8) is 0 Å². The molecule has 0 aromatic rings. The van der Waals surface area contributed by atoms with Gasteiger partial charge < -0.3 is 9.64 Å². The van der Waals surface area contributed by atoms with Crippen LogP contribution in [0.3, 0.4) is 0 Å². The topological polar surface area (TPSA) is 29.5 Å². The fourth-order valence-corrected chi connectivity index (χ4v) is 1.27. The van der Waals surface area contributed by atoms with Gasteiger partial charge in [0.2, 0.25) is 0 Å². The van der Waals surface area contributed by atoms with Gasteiger partial charge in [0.1, 0.15) is 6.10 Å². The summed E-state index contributed by atoms with van der Waals surface area (Å²) in [5.74, 6) is 0. The second kappa shape index (κ2) is 3.56. The molecule has 1 fully saturated rings. The van der Waals surface area contributed by atoms with Gasteiger partial charge in [0.05, 0.1) is 0 Å². The molecule has 0 spiro atoms. The highest BCUT2D eigenvalue weighted by Crippen LogP contribution is 2.25. The second-order valence-electron chi connectivity index (χ2n) is 4.50. The molecule has 3 heteroatoms. The third-order valence-corrected chi connectivity index (χ3v) is 2.14. The zero-order valence-corrected chi connectivity index (χ0v) is 8.96. The Bertz CT molecular complexity index is 192. The van der Waals surface area contributed by atoms with E-state index in [1.165, 1.54) is 0 Å². The number of amides is 1. The van der Waals surface area contributed by atoms with Crippen LogP contribution in [0.15, 0.2) is 0 Å². The van der Waals surface area contributed by atoms with Crippen molar-refractivity contribution in [2.75, 3.05) is 6.54 Å². The summed E-state index contributed by atoms with van der Waals surface area (Å²) in [5, 5.41) is 0. The first kappa shape index (κ1) is 10.4. The number of ether oxygens (including phenoxy) is 1. The lowest BCUT2D eigenvalue weighted by Crippen LogP contribution is -2.45. The molecule has 0 radical (unpaired) electrons. The molecule has 0 aromatic heterocycles. The summed E-state index contributed by atoms with van der Waals surface area (Å²) in [6.07, 6.45) is 2.10. The zero-order chi connectivity index (χ0) is 10.1. The number of carbonyl (C=O) groups excluding carboxylic acids is 1. The molecule has 0 N–H and O–H groups in total. The minimum atomic E-state index is -0.169. The third-order valence-electron chi connectivity index (χ3n) is 2.14. The molecule has 0 heterocycles. The normalized spacial score (nSPS) is 16.9. The molecular weight excluding hydrogens is 166 g/mol. The zero-order valence-electron chi connectivity index (χ0n) is 8.96. The lowest BCUT2D eigenvalue weighted by atomic mass is 10.1. The first-order valence-corrected chi connectivity index (χ1v) is 4.93. The average Bonchev–Trinajstić information content (AvgIpc) is 2.69. The molecule has 1 rings (SSSR count). The van der Waals surface area contributed by atoms with E-state index in [9.17, 15) is 4.79 Å². The van der Waals surface area contributed by atoms with E-state index >= 15 is 0 Å². The van der Waals surface area contributed by atoms with Gasteiger partial charge in [-0.2, -0.15) is 0 Å². The minimum absolute atomic E-state index is 0.138. The maximum Gasteiger partial charge on any atom is 0.410 e. The van der Waals surface area contributed by atoms with Crippen molar-refractivity contribution < 1.29 is 9.53 Å². The van der Waals surface area contributed by atoms with Crippen molar-refractivity contribution >= 4 is 6.09 Å². The van der Waals surface area contributed by atoms with Crippen LogP contribution in [0.5, 0.6) is 0 Å². The van der Waals surface area contributed by atoms with Crippen molar-refractivity contribution in [1.82, 2.24) is 4.90 Å². The Morgan fingerprint density at radius 1 is 1.46 bits per heavy atom. The van der Waals surface area contributed by atoms with E-state index < -0.39 is 0 Å². The summed E-state index contributed by atoms with van der Waals surface area (Å²) in [5.41, 5.74) is -0.138. The fraction of sp³-hybridized carbons (Fsp3) is 0.900. The van der Waals surface area contributed by atoms with E-state index in [1.807, 2.05) is 27.7 Å². The molecule has 1 aliphatic carbocycles. The summed E-state index contributed by atoms with van der Waals surface area (Å²) in [6.45, 7) is 8.73. The second-order valence-corrected chi connectivity index (χ2v) is 4.50. The molecule has 1 amide bonds. The van der Waals surface area contributed by atoms with E-state index in [4.69, 9.17) is 4.74 Å². The summed E-state index contributed by atoms with van der Waals surface area (Å²) in [4.78, 5) is 13.3. The molecule has 3 nitrogen and oxygen atoms in total. The maximum absolute atomic E-state index is 11.6. The Balaban J connectivity index is 2.48. The SMILES string of the molecule is CCN(C(=O)OC1CC1)C(C)(C)C. The Hall–Kier alpha value is -0.730. The highest BCUT2D eigenvalue weighted by Gasteiger charge is 2.32. The number of hydrogen-bond donors (Lipinski definition) is 0. The van der Waals surface area contributed by atoms with Gasteiger partial charge in [-0.05, 0) is 40.5 Å². The van der Waals surface area contributed by atoms with Gasteiger partial charge in [0.25, 0.3) is 0 Å². The van der Waals surface area contributed by atoms with Crippen LogP contribution in [0.1, 0.15) is 40.5 Å². The minimum Gasteiger partial charge on any atom is -0.446 e. The number of rotatable bonds is 2. The Kier molecular flexibility index (Phi) is 2.84. The van der Waals surface area contributed by atoms with Crippen LogP contribution in [0, 0.1) is 0 Å². The predicted octanol–water partition coefficient (Wildman–Crippen LogP) is 2.41. The van der Waals surface area contributed by atoms with E-state index in [2.05, 4.69) is 0 Å². The number of carbonyl (C=O) groups is 1. The lowest BCUT2D eigenvalue weighted by Gasteiger charge is -2.33. The molecule has 1 aliphatic rings. The van der Waals surface area contributed by atoms with Crippen LogP contribution in [-0.2, 0) is 4.74 Å². The smallest absolute Gasteiger partial charge is 0.410 e. The average molecular weight is 185 g/mol. The van der Waals surface area contributed by atoms with E-state index in [1.54, 1.807) is 4.90 Å². The third kappa shape index (κ3) is 2.90. The van der Waals surface area contributed by atoms with Crippen molar-refractivity contribution in [2.24, 2.45) is 0 Å². The van der Waals surface area contributed by atoms with Gasteiger partial charge in [-0.15, -0.1) is 0 Å². The van der Waals surface area contributed by atoms with Crippen LogP contribution >= 0.6 is 0 Å². The molecule has 0 bridgehead atoms. The van der Waals surface area contributed by atoms with Gasteiger partial charge in [-0.1, -0.05) is 0 Å². The van der Waals surface area contributed by atoms with E-state index in [0.717, 1.165) is 12.8 Å². The summed E-state index contributed by atoms with van der Waals surface area (Å²) >= 11 is 0. The summed E-state index contributed by atoms with van der Waals surface area (Å²) < 4.78 is 5.23. The molecule has 0 aliphatic heterocycles. The standard InChI is InChI=1S/C10H19NO2/c1-5-11(10(2,3)4)9(12)13-8-6-7-8/h8H,5-7H2,1-4H3. The molecule has 0 saturated heterocycles. The maximum atomic E-state index is 11.6. The van der Waals surface area contributed by atoms with Crippen molar-refractivity contribution in [3.05, 3.63) is 0 Å². The van der Waals surface area contributed by atoms with Crippen LogP contribution in [-0.4, -0.2) is 29.2 Å². The van der Waals surface area contributed by atoms with Gasteiger partial charge in [-0.3, -0.25) is 0 Å². The highest BCUT2D eigenvalue weighted by molar-refractivity contribution is 5.68. The summed E-state index contributed by atoms with van der Waals surface area (Å²) in [6, 6.07) is 0. The van der Waals surface area contributed by atoms with Crippen LogP contribution in [0.2, 0.25) is 0 Å². The van der Waals surface area contributed by atoms with Crippen molar-refractivity contribution in [1.29, 1.82) is 0 Å².